The highest BCUT2D eigenvalue weighted by Crippen LogP contribution is 2.33. The van der Waals surface area contributed by atoms with Crippen LogP contribution in [0.2, 0.25) is 0 Å². The molecular formula is C14H20BrNO3. The van der Waals surface area contributed by atoms with Crippen LogP contribution in [0.25, 0.3) is 0 Å². The zero-order chi connectivity index (χ0) is 13.2. The summed E-state index contributed by atoms with van der Waals surface area (Å²) in [4.78, 5) is 2.40. The number of halogens is 1. The lowest BCUT2D eigenvalue weighted by Gasteiger charge is -2.39. The second-order valence-electron chi connectivity index (χ2n) is 5.48. The SMILES string of the molecule is O[C@@H]1CCC[C@H]1[C@@H]1COCCN1Cc1ccc(Br)o1. The highest BCUT2D eigenvalue weighted by molar-refractivity contribution is 9.10. The third-order valence-electron chi connectivity index (χ3n) is 4.29. The van der Waals surface area contributed by atoms with E-state index in [9.17, 15) is 5.11 Å². The molecular weight excluding hydrogens is 310 g/mol. The van der Waals surface area contributed by atoms with Gasteiger partial charge in [-0.25, -0.2) is 0 Å². The van der Waals surface area contributed by atoms with E-state index in [1.54, 1.807) is 0 Å². The average molecular weight is 330 g/mol. The molecule has 0 spiro atoms. The van der Waals surface area contributed by atoms with E-state index in [1.165, 1.54) is 0 Å². The largest absolute Gasteiger partial charge is 0.453 e. The number of hydrogen-bond acceptors (Lipinski definition) is 4. The van der Waals surface area contributed by atoms with E-state index < -0.39 is 0 Å². The maximum absolute atomic E-state index is 10.1. The van der Waals surface area contributed by atoms with E-state index in [0.29, 0.717) is 12.0 Å². The molecule has 1 saturated carbocycles. The van der Waals surface area contributed by atoms with E-state index >= 15 is 0 Å². The summed E-state index contributed by atoms with van der Waals surface area (Å²) in [6.07, 6.45) is 3.00. The molecule has 2 heterocycles. The predicted octanol–water partition coefficient (Wildman–Crippen LogP) is 2.40. The summed E-state index contributed by atoms with van der Waals surface area (Å²) >= 11 is 3.34. The zero-order valence-electron chi connectivity index (χ0n) is 10.9. The minimum Gasteiger partial charge on any atom is -0.453 e. The van der Waals surface area contributed by atoms with Crippen LogP contribution in [-0.2, 0) is 11.3 Å². The normalized spacial score (nSPS) is 32.8. The summed E-state index contributed by atoms with van der Waals surface area (Å²) in [5.74, 6) is 1.31. The van der Waals surface area contributed by atoms with E-state index in [0.717, 1.165) is 56.0 Å². The maximum atomic E-state index is 10.1. The van der Waals surface area contributed by atoms with Crippen LogP contribution >= 0.6 is 15.9 Å². The molecule has 0 radical (unpaired) electrons. The number of furan rings is 1. The van der Waals surface area contributed by atoms with Gasteiger partial charge in [0.25, 0.3) is 0 Å². The van der Waals surface area contributed by atoms with E-state index in [-0.39, 0.29) is 6.10 Å². The van der Waals surface area contributed by atoms with Gasteiger partial charge >= 0.3 is 0 Å². The molecule has 0 amide bonds. The van der Waals surface area contributed by atoms with E-state index in [1.807, 2.05) is 12.1 Å². The Kier molecular flexibility index (Phi) is 4.27. The highest BCUT2D eigenvalue weighted by atomic mass is 79.9. The minimum atomic E-state index is -0.169. The number of aliphatic hydroxyl groups is 1. The Balaban J connectivity index is 1.70. The Morgan fingerprint density at radius 2 is 2.26 bits per heavy atom. The molecule has 1 aliphatic carbocycles. The van der Waals surface area contributed by atoms with Gasteiger partial charge in [-0.1, -0.05) is 6.42 Å². The monoisotopic (exact) mass is 329 g/mol. The fourth-order valence-corrected chi connectivity index (χ4v) is 3.64. The van der Waals surface area contributed by atoms with Crippen LogP contribution in [0.1, 0.15) is 25.0 Å². The highest BCUT2D eigenvalue weighted by Gasteiger charge is 2.37. The first-order chi connectivity index (χ1) is 9.24. The summed E-state index contributed by atoms with van der Waals surface area (Å²) in [5, 5.41) is 10.1. The van der Waals surface area contributed by atoms with Gasteiger partial charge in [-0.3, -0.25) is 4.90 Å². The molecule has 0 bridgehead atoms. The summed E-state index contributed by atoms with van der Waals surface area (Å²) in [6, 6.07) is 4.24. The van der Waals surface area contributed by atoms with Crippen LogP contribution in [0.4, 0.5) is 0 Å². The van der Waals surface area contributed by atoms with Crippen molar-refractivity contribution in [3.05, 3.63) is 22.6 Å². The van der Waals surface area contributed by atoms with Crippen molar-refractivity contribution in [3.8, 4) is 0 Å². The zero-order valence-corrected chi connectivity index (χ0v) is 12.5. The van der Waals surface area contributed by atoms with Crippen molar-refractivity contribution in [1.29, 1.82) is 0 Å². The van der Waals surface area contributed by atoms with Crippen LogP contribution in [0, 0.1) is 5.92 Å². The molecule has 0 aromatic carbocycles. The smallest absolute Gasteiger partial charge is 0.169 e. The average Bonchev–Trinajstić information content (AvgIpc) is 2.99. The maximum Gasteiger partial charge on any atom is 0.169 e. The number of nitrogens with zero attached hydrogens (tertiary/aromatic N) is 1. The third kappa shape index (κ3) is 3.05. The molecule has 1 aromatic heterocycles. The number of morpholine rings is 1. The van der Waals surface area contributed by atoms with Gasteiger partial charge in [-0.2, -0.15) is 0 Å². The number of rotatable bonds is 3. The van der Waals surface area contributed by atoms with Crippen molar-refractivity contribution in [1.82, 2.24) is 4.90 Å². The Morgan fingerprint density at radius 3 is 2.95 bits per heavy atom. The molecule has 2 fully saturated rings. The summed E-state index contributed by atoms with van der Waals surface area (Å²) < 4.78 is 12.0. The van der Waals surface area contributed by atoms with Gasteiger partial charge in [-0.05, 0) is 40.9 Å². The van der Waals surface area contributed by atoms with Crippen molar-refractivity contribution in [3.63, 3.8) is 0 Å². The van der Waals surface area contributed by atoms with Crippen LogP contribution < -0.4 is 0 Å². The molecule has 0 unspecified atom stereocenters. The molecule has 3 atom stereocenters. The van der Waals surface area contributed by atoms with Crippen molar-refractivity contribution < 1.29 is 14.3 Å². The second-order valence-corrected chi connectivity index (χ2v) is 6.26. The lowest BCUT2D eigenvalue weighted by atomic mass is 9.94. The molecule has 2 aliphatic rings. The fourth-order valence-electron chi connectivity index (χ4n) is 3.30. The fraction of sp³-hybridized carbons (Fsp3) is 0.714. The Labute approximate surface area is 121 Å². The summed E-state index contributed by atoms with van der Waals surface area (Å²) in [7, 11) is 0. The summed E-state index contributed by atoms with van der Waals surface area (Å²) in [6.45, 7) is 3.19. The first-order valence-corrected chi connectivity index (χ1v) is 7.77. The first-order valence-electron chi connectivity index (χ1n) is 6.98. The van der Waals surface area contributed by atoms with E-state index in [2.05, 4.69) is 20.8 Å². The number of aliphatic hydroxyl groups excluding tert-OH is 1. The van der Waals surface area contributed by atoms with Crippen molar-refractivity contribution in [2.45, 2.75) is 38.0 Å². The topological polar surface area (TPSA) is 45.8 Å². The lowest BCUT2D eigenvalue weighted by molar-refractivity contribution is -0.0557. The van der Waals surface area contributed by atoms with Crippen molar-refractivity contribution in [2.24, 2.45) is 5.92 Å². The number of hydrogen-bond donors (Lipinski definition) is 1. The van der Waals surface area contributed by atoms with Crippen molar-refractivity contribution in [2.75, 3.05) is 19.8 Å². The van der Waals surface area contributed by atoms with Gasteiger partial charge in [0.05, 0.1) is 25.9 Å². The second kappa shape index (κ2) is 5.95. The minimum absolute atomic E-state index is 0.169. The van der Waals surface area contributed by atoms with Crippen LogP contribution in [0.5, 0.6) is 0 Å². The molecule has 3 rings (SSSR count). The molecule has 1 aliphatic heterocycles. The predicted molar refractivity (Wildman–Crippen MR) is 74.8 cm³/mol. The molecule has 106 valence electrons. The van der Waals surface area contributed by atoms with Crippen LogP contribution in [0.3, 0.4) is 0 Å². The third-order valence-corrected chi connectivity index (χ3v) is 4.72. The van der Waals surface area contributed by atoms with Gasteiger partial charge in [0.15, 0.2) is 4.67 Å². The van der Waals surface area contributed by atoms with E-state index in [4.69, 9.17) is 9.15 Å². The standard InChI is InChI=1S/C14H20BrNO3/c15-14-5-4-10(19-14)8-16-6-7-18-9-12(16)11-2-1-3-13(11)17/h4-5,11-13,17H,1-3,6-9H2/t11-,12-,13+/m0/s1. The van der Waals surface area contributed by atoms with Crippen molar-refractivity contribution >= 4 is 15.9 Å². The Hall–Kier alpha value is -0.360. The number of ether oxygens (including phenoxy) is 1. The molecule has 1 N–H and O–H groups in total. The molecule has 19 heavy (non-hydrogen) atoms. The van der Waals surface area contributed by atoms with Crippen LogP contribution in [-0.4, -0.2) is 41.9 Å². The molecule has 4 nitrogen and oxygen atoms in total. The van der Waals surface area contributed by atoms with Gasteiger partial charge < -0.3 is 14.3 Å². The quantitative estimate of drug-likeness (QED) is 0.924. The van der Waals surface area contributed by atoms with Gasteiger partial charge in [0, 0.05) is 18.5 Å². The Morgan fingerprint density at radius 1 is 1.37 bits per heavy atom. The van der Waals surface area contributed by atoms with Gasteiger partial charge in [0.1, 0.15) is 5.76 Å². The Bertz CT molecular complexity index is 423. The van der Waals surface area contributed by atoms with Gasteiger partial charge in [-0.15, -0.1) is 0 Å². The first kappa shape index (κ1) is 13.6. The molecule has 5 heteroatoms. The molecule has 1 saturated heterocycles. The summed E-state index contributed by atoms with van der Waals surface area (Å²) in [5.41, 5.74) is 0. The lowest BCUT2D eigenvalue weighted by Crippen LogP contribution is -2.50. The van der Waals surface area contributed by atoms with Crippen LogP contribution in [0.15, 0.2) is 21.2 Å². The molecule has 1 aromatic rings. The van der Waals surface area contributed by atoms with Gasteiger partial charge in [0.2, 0.25) is 0 Å².